The van der Waals surface area contributed by atoms with E-state index in [4.69, 9.17) is 0 Å². The van der Waals surface area contributed by atoms with Gasteiger partial charge in [-0.05, 0) is 18.9 Å². The van der Waals surface area contributed by atoms with Crippen molar-refractivity contribution in [1.29, 1.82) is 0 Å². The fourth-order valence-corrected chi connectivity index (χ4v) is 2.97. The molecule has 3 heterocycles. The number of anilines is 2. The molecule has 0 saturated carbocycles. The number of piperidine rings is 1. The minimum absolute atomic E-state index is 0.0600. The predicted molar refractivity (Wildman–Crippen MR) is 81.7 cm³/mol. The van der Waals surface area contributed by atoms with Gasteiger partial charge in [-0.1, -0.05) is 0 Å². The molecule has 2 aliphatic rings. The van der Waals surface area contributed by atoms with Crippen LogP contribution < -0.4 is 15.1 Å². The van der Waals surface area contributed by atoms with Gasteiger partial charge in [0.1, 0.15) is 5.82 Å². The Kier molecular flexibility index (Phi) is 3.81. The Labute approximate surface area is 124 Å². The summed E-state index contributed by atoms with van der Waals surface area (Å²) in [6, 6.07) is 2.22. The topological polar surface area (TPSA) is 64.6 Å². The fourth-order valence-electron chi connectivity index (χ4n) is 2.97. The highest BCUT2D eigenvalue weighted by molar-refractivity contribution is 5.76. The summed E-state index contributed by atoms with van der Waals surface area (Å²) in [5.74, 6) is 1.66. The van der Waals surface area contributed by atoms with Crippen molar-refractivity contribution >= 4 is 17.8 Å². The van der Waals surface area contributed by atoms with Crippen molar-refractivity contribution in [3.63, 3.8) is 0 Å². The Morgan fingerprint density at radius 2 is 2.24 bits per heavy atom. The molecule has 1 N–H and O–H groups in total. The summed E-state index contributed by atoms with van der Waals surface area (Å²) in [7, 11) is 3.94. The molecule has 7 heteroatoms. The van der Waals surface area contributed by atoms with Crippen LogP contribution in [0.2, 0.25) is 0 Å². The zero-order valence-corrected chi connectivity index (χ0v) is 12.6. The summed E-state index contributed by atoms with van der Waals surface area (Å²) in [6.45, 7) is 3.31. The van der Waals surface area contributed by atoms with Crippen LogP contribution in [0.3, 0.4) is 0 Å². The van der Waals surface area contributed by atoms with E-state index in [0.717, 1.165) is 50.8 Å². The molecule has 1 aromatic heterocycles. The van der Waals surface area contributed by atoms with Gasteiger partial charge in [-0.25, -0.2) is 9.78 Å². The fraction of sp³-hybridized carbons (Fsp3) is 0.643. The quantitative estimate of drug-likeness (QED) is 0.880. The lowest BCUT2D eigenvalue weighted by molar-refractivity contribution is 0.189. The molecule has 0 aliphatic carbocycles. The summed E-state index contributed by atoms with van der Waals surface area (Å²) in [5.41, 5.74) is 0. The number of rotatable bonds is 3. The highest BCUT2D eigenvalue weighted by Gasteiger charge is 2.32. The smallest absolute Gasteiger partial charge is 0.317 e. The Bertz CT molecular complexity index is 520. The molecule has 2 amide bonds. The number of nitrogens with one attached hydrogen (secondary N) is 1. The number of carbonyl (C=O) groups is 1. The number of amides is 2. The first-order valence-corrected chi connectivity index (χ1v) is 7.45. The number of hydrogen-bond acceptors (Lipinski definition) is 5. The van der Waals surface area contributed by atoms with E-state index in [1.807, 2.05) is 30.0 Å². The molecule has 21 heavy (non-hydrogen) atoms. The van der Waals surface area contributed by atoms with Gasteiger partial charge in [0.25, 0.3) is 0 Å². The molecule has 0 radical (unpaired) electrons. The summed E-state index contributed by atoms with van der Waals surface area (Å²) >= 11 is 0. The molecule has 1 atom stereocenters. The van der Waals surface area contributed by atoms with Crippen molar-refractivity contribution in [2.45, 2.75) is 18.9 Å². The lowest BCUT2D eigenvalue weighted by atomic mass is 10.0. The number of carbonyl (C=O) groups excluding carboxylic acids is 1. The average Bonchev–Trinajstić information content (AvgIpc) is 2.94. The van der Waals surface area contributed by atoms with Crippen LogP contribution in [0.15, 0.2) is 12.3 Å². The Morgan fingerprint density at radius 3 is 2.95 bits per heavy atom. The first-order valence-electron chi connectivity index (χ1n) is 7.45. The molecule has 2 fully saturated rings. The molecule has 0 spiro atoms. The van der Waals surface area contributed by atoms with Gasteiger partial charge in [0.2, 0.25) is 5.95 Å². The Balaban J connectivity index is 1.73. The molecule has 1 aromatic rings. The van der Waals surface area contributed by atoms with Gasteiger partial charge < -0.3 is 20.0 Å². The number of aromatic nitrogens is 2. The van der Waals surface area contributed by atoms with Crippen molar-refractivity contribution in [2.24, 2.45) is 0 Å². The normalized spacial score (nSPS) is 22.4. The highest BCUT2D eigenvalue weighted by atomic mass is 16.2. The molecule has 2 saturated heterocycles. The van der Waals surface area contributed by atoms with Crippen LogP contribution in [0.1, 0.15) is 12.8 Å². The minimum atomic E-state index is 0.0600. The van der Waals surface area contributed by atoms with Gasteiger partial charge in [0, 0.05) is 46.5 Å². The zero-order chi connectivity index (χ0) is 14.8. The molecular weight excluding hydrogens is 268 g/mol. The van der Waals surface area contributed by atoms with E-state index >= 15 is 0 Å². The molecule has 0 bridgehead atoms. The second-order valence-electron chi connectivity index (χ2n) is 5.78. The van der Waals surface area contributed by atoms with Crippen LogP contribution in [-0.2, 0) is 0 Å². The summed E-state index contributed by atoms with van der Waals surface area (Å²) in [4.78, 5) is 26.9. The second kappa shape index (κ2) is 5.75. The van der Waals surface area contributed by atoms with Crippen molar-refractivity contribution in [3.05, 3.63) is 12.3 Å². The summed E-state index contributed by atoms with van der Waals surface area (Å²) in [6.07, 6.45) is 3.91. The predicted octanol–water partition coefficient (Wildman–Crippen LogP) is 0.537. The van der Waals surface area contributed by atoms with Gasteiger partial charge in [-0.2, -0.15) is 4.98 Å². The minimum Gasteiger partial charge on any atom is -0.363 e. The van der Waals surface area contributed by atoms with Crippen LogP contribution >= 0.6 is 0 Å². The van der Waals surface area contributed by atoms with Crippen molar-refractivity contribution in [2.75, 3.05) is 50.1 Å². The SMILES string of the molecule is CN(C)c1ccnc(N2CCC[C@@H](N3CCNC3=O)C2)n1. The zero-order valence-electron chi connectivity index (χ0n) is 12.6. The maximum atomic E-state index is 11.8. The van der Waals surface area contributed by atoms with Crippen molar-refractivity contribution in [1.82, 2.24) is 20.2 Å². The lowest BCUT2D eigenvalue weighted by Gasteiger charge is -2.37. The second-order valence-corrected chi connectivity index (χ2v) is 5.78. The van der Waals surface area contributed by atoms with Crippen LogP contribution in [0.4, 0.5) is 16.6 Å². The molecule has 3 rings (SSSR count). The number of urea groups is 1. The lowest BCUT2D eigenvalue weighted by Crippen LogP contribution is -2.49. The third kappa shape index (κ3) is 2.86. The van der Waals surface area contributed by atoms with Gasteiger partial charge in [0.15, 0.2) is 0 Å². The van der Waals surface area contributed by atoms with Gasteiger partial charge in [-0.15, -0.1) is 0 Å². The third-order valence-corrected chi connectivity index (χ3v) is 4.10. The van der Waals surface area contributed by atoms with E-state index in [1.54, 1.807) is 6.20 Å². The van der Waals surface area contributed by atoms with Crippen LogP contribution in [-0.4, -0.2) is 67.2 Å². The molecule has 0 aromatic carbocycles. The van der Waals surface area contributed by atoms with E-state index in [9.17, 15) is 4.79 Å². The monoisotopic (exact) mass is 290 g/mol. The molecular formula is C14H22N6O. The van der Waals surface area contributed by atoms with Crippen molar-refractivity contribution in [3.8, 4) is 0 Å². The molecule has 114 valence electrons. The summed E-state index contributed by atoms with van der Waals surface area (Å²) in [5, 5.41) is 2.88. The maximum Gasteiger partial charge on any atom is 0.317 e. The first-order chi connectivity index (χ1) is 10.1. The van der Waals surface area contributed by atoms with E-state index in [1.165, 1.54) is 0 Å². The maximum absolute atomic E-state index is 11.8. The average molecular weight is 290 g/mol. The molecule has 7 nitrogen and oxygen atoms in total. The van der Waals surface area contributed by atoms with Crippen molar-refractivity contribution < 1.29 is 4.79 Å². The van der Waals surface area contributed by atoms with Crippen LogP contribution in [0.25, 0.3) is 0 Å². The highest BCUT2D eigenvalue weighted by Crippen LogP contribution is 2.22. The van der Waals surface area contributed by atoms with Gasteiger partial charge in [0.05, 0.1) is 6.04 Å². The van der Waals surface area contributed by atoms with E-state index in [-0.39, 0.29) is 12.1 Å². The van der Waals surface area contributed by atoms with E-state index < -0.39 is 0 Å². The summed E-state index contributed by atoms with van der Waals surface area (Å²) < 4.78 is 0. The van der Waals surface area contributed by atoms with Gasteiger partial charge >= 0.3 is 6.03 Å². The molecule has 0 unspecified atom stereocenters. The number of nitrogens with zero attached hydrogens (tertiary/aromatic N) is 5. The van der Waals surface area contributed by atoms with Gasteiger partial charge in [-0.3, -0.25) is 0 Å². The Hall–Kier alpha value is -2.05. The Morgan fingerprint density at radius 1 is 1.38 bits per heavy atom. The van der Waals surface area contributed by atoms with Crippen LogP contribution in [0, 0.1) is 0 Å². The van der Waals surface area contributed by atoms with E-state index in [0.29, 0.717) is 0 Å². The largest absolute Gasteiger partial charge is 0.363 e. The first kappa shape index (κ1) is 13.9. The standard InChI is InChI=1S/C14H22N6O/c1-18(2)12-5-6-15-13(17-12)19-8-3-4-11(10-19)20-9-7-16-14(20)21/h5-6,11H,3-4,7-10H2,1-2H3,(H,16,21)/t11-/m1/s1. The third-order valence-electron chi connectivity index (χ3n) is 4.10. The number of hydrogen-bond donors (Lipinski definition) is 1. The van der Waals surface area contributed by atoms with Crippen LogP contribution in [0.5, 0.6) is 0 Å². The van der Waals surface area contributed by atoms with E-state index in [2.05, 4.69) is 20.2 Å². The molecule has 2 aliphatic heterocycles.